The lowest BCUT2D eigenvalue weighted by atomic mass is 10.0. The van der Waals surface area contributed by atoms with Gasteiger partial charge >= 0.3 is 0 Å². The fourth-order valence-corrected chi connectivity index (χ4v) is 2.35. The van der Waals surface area contributed by atoms with Crippen molar-refractivity contribution in [2.45, 2.75) is 26.7 Å². The maximum absolute atomic E-state index is 12.1. The highest BCUT2D eigenvalue weighted by Gasteiger charge is 2.08. The van der Waals surface area contributed by atoms with Gasteiger partial charge in [-0.2, -0.15) is 0 Å². The Balaban J connectivity index is 1.99. The molecule has 0 radical (unpaired) electrons. The largest absolute Gasteiger partial charge is 0.398 e. The Morgan fingerprint density at radius 2 is 1.90 bits per heavy atom. The topological polar surface area (TPSA) is 55.1 Å². The summed E-state index contributed by atoms with van der Waals surface area (Å²) in [5, 5.41) is 3.34. The van der Waals surface area contributed by atoms with Gasteiger partial charge in [0.2, 0.25) is 5.91 Å². The van der Waals surface area contributed by atoms with Crippen LogP contribution in [0.2, 0.25) is 5.02 Å². The molecule has 0 heterocycles. The normalized spacial score (nSPS) is 10.4. The van der Waals surface area contributed by atoms with Crippen LogP contribution in [0.1, 0.15) is 23.1 Å². The molecule has 2 aromatic rings. The van der Waals surface area contributed by atoms with Gasteiger partial charge in [-0.25, -0.2) is 0 Å². The molecule has 0 spiro atoms. The summed E-state index contributed by atoms with van der Waals surface area (Å²) in [7, 11) is 0. The van der Waals surface area contributed by atoms with Crippen molar-refractivity contribution in [1.29, 1.82) is 0 Å². The minimum Gasteiger partial charge on any atom is -0.398 e. The Hall–Kier alpha value is -2.00. The van der Waals surface area contributed by atoms with Gasteiger partial charge in [0.15, 0.2) is 0 Å². The molecular weight excluding hydrogens is 284 g/mol. The molecule has 0 saturated heterocycles. The number of halogens is 1. The third-order valence-corrected chi connectivity index (χ3v) is 3.83. The minimum atomic E-state index is -0.0257. The van der Waals surface area contributed by atoms with Gasteiger partial charge in [0.1, 0.15) is 0 Å². The molecule has 110 valence electrons. The standard InChI is InChI=1S/C17H19ClN2O/c1-11-5-3-4-6-13(11)7-8-17(21)20-16-10-14(18)15(19)9-12(16)2/h3-6,9-10H,7-8,19H2,1-2H3,(H,20,21). The van der Waals surface area contributed by atoms with Gasteiger partial charge in [-0.15, -0.1) is 0 Å². The summed E-state index contributed by atoms with van der Waals surface area (Å²) in [6, 6.07) is 11.5. The maximum Gasteiger partial charge on any atom is 0.224 e. The molecule has 1 amide bonds. The molecule has 0 fully saturated rings. The Kier molecular flexibility index (Phi) is 4.86. The van der Waals surface area contributed by atoms with E-state index >= 15 is 0 Å². The lowest BCUT2D eigenvalue weighted by molar-refractivity contribution is -0.116. The number of hydrogen-bond acceptors (Lipinski definition) is 2. The number of rotatable bonds is 4. The number of anilines is 2. The summed E-state index contributed by atoms with van der Waals surface area (Å²) in [4.78, 5) is 12.1. The van der Waals surface area contributed by atoms with Gasteiger partial charge in [-0.1, -0.05) is 35.9 Å². The Morgan fingerprint density at radius 3 is 2.62 bits per heavy atom. The van der Waals surface area contributed by atoms with E-state index in [0.717, 1.165) is 12.0 Å². The van der Waals surface area contributed by atoms with E-state index in [0.29, 0.717) is 22.8 Å². The van der Waals surface area contributed by atoms with E-state index in [9.17, 15) is 4.79 Å². The van der Waals surface area contributed by atoms with Crippen LogP contribution < -0.4 is 11.1 Å². The Morgan fingerprint density at radius 1 is 1.19 bits per heavy atom. The highest BCUT2D eigenvalue weighted by molar-refractivity contribution is 6.33. The SMILES string of the molecule is Cc1ccccc1CCC(=O)Nc1cc(Cl)c(N)cc1C. The van der Waals surface area contributed by atoms with Crippen molar-refractivity contribution in [2.24, 2.45) is 0 Å². The third-order valence-electron chi connectivity index (χ3n) is 3.50. The molecule has 3 nitrogen and oxygen atoms in total. The van der Waals surface area contributed by atoms with Crippen molar-refractivity contribution >= 4 is 28.9 Å². The smallest absolute Gasteiger partial charge is 0.224 e. The molecule has 3 N–H and O–H groups in total. The predicted octanol–water partition coefficient (Wildman–Crippen LogP) is 4.11. The van der Waals surface area contributed by atoms with Crippen LogP contribution in [0, 0.1) is 13.8 Å². The number of carbonyl (C=O) groups excluding carboxylic acids is 1. The van der Waals surface area contributed by atoms with Crippen LogP contribution in [0.25, 0.3) is 0 Å². The van der Waals surface area contributed by atoms with Crippen molar-refractivity contribution < 1.29 is 4.79 Å². The molecule has 0 aliphatic rings. The minimum absolute atomic E-state index is 0.0257. The van der Waals surface area contributed by atoms with E-state index in [1.165, 1.54) is 11.1 Å². The summed E-state index contributed by atoms with van der Waals surface area (Å²) in [6.45, 7) is 3.95. The van der Waals surface area contributed by atoms with Gasteiger partial charge in [0, 0.05) is 12.1 Å². The zero-order valence-corrected chi connectivity index (χ0v) is 13.0. The number of amides is 1. The van der Waals surface area contributed by atoms with Crippen LogP contribution in [0.3, 0.4) is 0 Å². The number of aryl methyl sites for hydroxylation is 3. The van der Waals surface area contributed by atoms with E-state index in [-0.39, 0.29) is 5.91 Å². The van der Waals surface area contributed by atoms with Gasteiger partial charge in [-0.05, 0) is 49.1 Å². The van der Waals surface area contributed by atoms with Crippen molar-refractivity contribution in [3.8, 4) is 0 Å². The molecule has 2 aromatic carbocycles. The number of nitrogen functional groups attached to an aromatic ring is 1. The van der Waals surface area contributed by atoms with Crippen molar-refractivity contribution in [3.05, 3.63) is 58.1 Å². The van der Waals surface area contributed by atoms with Crippen LogP contribution in [0.4, 0.5) is 11.4 Å². The lowest BCUT2D eigenvalue weighted by Crippen LogP contribution is -2.13. The van der Waals surface area contributed by atoms with Crippen molar-refractivity contribution in [1.82, 2.24) is 0 Å². The molecule has 4 heteroatoms. The first-order valence-electron chi connectivity index (χ1n) is 6.87. The number of nitrogens with one attached hydrogen (secondary N) is 1. The van der Waals surface area contributed by atoms with Gasteiger partial charge in [0.25, 0.3) is 0 Å². The number of nitrogens with two attached hydrogens (primary N) is 1. The van der Waals surface area contributed by atoms with Crippen LogP contribution in [0.15, 0.2) is 36.4 Å². The van der Waals surface area contributed by atoms with Crippen molar-refractivity contribution in [2.75, 3.05) is 11.1 Å². The highest BCUT2D eigenvalue weighted by Crippen LogP contribution is 2.26. The summed E-state index contributed by atoms with van der Waals surface area (Å²) in [5.41, 5.74) is 10.3. The Labute approximate surface area is 130 Å². The summed E-state index contributed by atoms with van der Waals surface area (Å²) in [5.74, 6) is -0.0257. The molecule has 0 saturated carbocycles. The van der Waals surface area contributed by atoms with Gasteiger partial charge in [-0.3, -0.25) is 4.79 Å². The second kappa shape index (κ2) is 6.64. The van der Waals surface area contributed by atoms with E-state index < -0.39 is 0 Å². The molecular formula is C17H19ClN2O. The molecule has 2 rings (SSSR count). The quantitative estimate of drug-likeness (QED) is 0.835. The average molecular weight is 303 g/mol. The fraction of sp³-hybridized carbons (Fsp3) is 0.235. The highest BCUT2D eigenvalue weighted by atomic mass is 35.5. The summed E-state index contributed by atoms with van der Waals surface area (Å²) in [6.07, 6.45) is 1.16. The number of carbonyl (C=O) groups is 1. The average Bonchev–Trinajstić information content (AvgIpc) is 2.44. The fourth-order valence-electron chi connectivity index (χ4n) is 2.19. The van der Waals surface area contributed by atoms with Crippen LogP contribution in [-0.2, 0) is 11.2 Å². The summed E-state index contributed by atoms with van der Waals surface area (Å²) >= 11 is 5.99. The van der Waals surface area contributed by atoms with Crippen LogP contribution in [0.5, 0.6) is 0 Å². The number of hydrogen-bond donors (Lipinski definition) is 2. The first kappa shape index (κ1) is 15.4. The van der Waals surface area contributed by atoms with Crippen molar-refractivity contribution in [3.63, 3.8) is 0 Å². The molecule has 0 unspecified atom stereocenters. The second-order valence-corrected chi connectivity index (χ2v) is 5.57. The molecule has 0 aromatic heterocycles. The maximum atomic E-state index is 12.1. The van der Waals surface area contributed by atoms with Crippen LogP contribution >= 0.6 is 11.6 Å². The Bertz CT molecular complexity index is 668. The summed E-state index contributed by atoms with van der Waals surface area (Å²) < 4.78 is 0. The van der Waals surface area contributed by atoms with Gasteiger partial charge in [0.05, 0.1) is 10.7 Å². The molecule has 0 aliphatic carbocycles. The predicted molar refractivity (Wildman–Crippen MR) is 88.7 cm³/mol. The number of benzene rings is 2. The zero-order valence-electron chi connectivity index (χ0n) is 12.2. The van der Waals surface area contributed by atoms with E-state index in [2.05, 4.69) is 18.3 Å². The first-order valence-corrected chi connectivity index (χ1v) is 7.25. The van der Waals surface area contributed by atoms with Gasteiger partial charge < -0.3 is 11.1 Å². The lowest BCUT2D eigenvalue weighted by Gasteiger charge is -2.11. The molecule has 21 heavy (non-hydrogen) atoms. The third kappa shape index (κ3) is 3.99. The zero-order chi connectivity index (χ0) is 15.4. The van der Waals surface area contributed by atoms with E-state index in [4.69, 9.17) is 17.3 Å². The molecule has 0 bridgehead atoms. The van der Waals surface area contributed by atoms with E-state index in [1.807, 2.05) is 25.1 Å². The van der Waals surface area contributed by atoms with E-state index in [1.54, 1.807) is 12.1 Å². The molecule has 0 atom stereocenters. The van der Waals surface area contributed by atoms with Crippen LogP contribution in [-0.4, -0.2) is 5.91 Å². The molecule has 0 aliphatic heterocycles. The monoisotopic (exact) mass is 302 g/mol. The first-order chi connectivity index (χ1) is 9.97. The second-order valence-electron chi connectivity index (χ2n) is 5.16.